The number of β-amino-alcohol motifs (C(OH)–C–C–N with tert-alkyl or cyclic N) is 1. The third kappa shape index (κ3) is 2.33. The normalized spacial score (nSPS) is 36.8. The fourth-order valence-electron chi connectivity index (χ4n) is 3.07. The first kappa shape index (κ1) is 11.3. The quantitative estimate of drug-likeness (QED) is 0.590. The molecule has 2 unspecified atom stereocenters. The van der Waals surface area contributed by atoms with Crippen LogP contribution in [0.1, 0.15) is 25.7 Å². The number of fused-ring (bicyclic) bond motifs is 1. The third-order valence-electron chi connectivity index (χ3n) is 4.01. The van der Waals surface area contributed by atoms with E-state index in [1.807, 2.05) is 0 Å². The number of nitrogens with two attached hydrogens (primary N) is 1. The Morgan fingerprint density at radius 1 is 1.47 bits per heavy atom. The summed E-state index contributed by atoms with van der Waals surface area (Å²) in [6, 6.07) is 0.730. The maximum atomic E-state index is 8.88. The molecule has 0 amide bonds. The van der Waals surface area contributed by atoms with Crippen LogP contribution in [0.25, 0.3) is 0 Å². The van der Waals surface area contributed by atoms with Gasteiger partial charge >= 0.3 is 0 Å². The molecule has 88 valence electrons. The van der Waals surface area contributed by atoms with Gasteiger partial charge in [-0.15, -0.1) is 0 Å². The van der Waals surface area contributed by atoms with Gasteiger partial charge < -0.3 is 21.1 Å². The van der Waals surface area contributed by atoms with Crippen LogP contribution in [0.2, 0.25) is 0 Å². The highest BCUT2D eigenvalue weighted by molar-refractivity contribution is 5.00. The van der Waals surface area contributed by atoms with E-state index in [0.717, 1.165) is 18.9 Å². The van der Waals surface area contributed by atoms with Crippen molar-refractivity contribution in [1.29, 1.82) is 0 Å². The minimum Gasteiger partial charge on any atom is -0.395 e. The van der Waals surface area contributed by atoms with E-state index < -0.39 is 0 Å². The number of hydrogen-bond acceptors (Lipinski definition) is 4. The zero-order valence-corrected chi connectivity index (χ0v) is 9.41. The lowest BCUT2D eigenvalue weighted by atomic mass is 9.83. The molecule has 15 heavy (non-hydrogen) atoms. The van der Waals surface area contributed by atoms with Crippen LogP contribution in [0.15, 0.2) is 0 Å². The second-order valence-corrected chi connectivity index (χ2v) is 4.92. The smallest absolute Gasteiger partial charge is 0.0556 e. The molecule has 0 radical (unpaired) electrons. The Morgan fingerprint density at radius 3 is 3.07 bits per heavy atom. The molecule has 2 fully saturated rings. The highest BCUT2D eigenvalue weighted by atomic mass is 16.3. The molecular weight excluding hydrogens is 190 g/mol. The van der Waals surface area contributed by atoms with Crippen LogP contribution in [-0.2, 0) is 0 Å². The van der Waals surface area contributed by atoms with Crippen LogP contribution in [0.4, 0.5) is 0 Å². The predicted molar refractivity (Wildman–Crippen MR) is 60.7 cm³/mol. The predicted octanol–water partition coefficient (Wildman–Crippen LogP) is -0.476. The van der Waals surface area contributed by atoms with Gasteiger partial charge in [0.25, 0.3) is 0 Å². The van der Waals surface area contributed by atoms with Crippen molar-refractivity contribution in [3.63, 3.8) is 0 Å². The molecule has 2 aliphatic rings. The number of piperidine rings is 1. The first-order valence-electron chi connectivity index (χ1n) is 6.10. The number of nitrogens with one attached hydrogen (secondary N) is 1. The Morgan fingerprint density at radius 2 is 2.33 bits per heavy atom. The summed E-state index contributed by atoms with van der Waals surface area (Å²) in [4.78, 5) is 2.59. The summed E-state index contributed by atoms with van der Waals surface area (Å²) in [5.41, 5.74) is 5.99. The molecule has 2 aliphatic heterocycles. The maximum Gasteiger partial charge on any atom is 0.0556 e. The van der Waals surface area contributed by atoms with Crippen LogP contribution in [-0.4, -0.2) is 54.4 Å². The second kappa shape index (κ2) is 4.78. The summed E-state index contributed by atoms with van der Waals surface area (Å²) >= 11 is 0. The zero-order chi connectivity index (χ0) is 10.7. The minimum atomic E-state index is 0.0915. The van der Waals surface area contributed by atoms with Crippen LogP contribution >= 0.6 is 0 Å². The Kier molecular flexibility index (Phi) is 3.61. The van der Waals surface area contributed by atoms with E-state index in [1.165, 1.54) is 25.9 Å². The molecular formula is C11H23N3O. The molecule has 4 N–H and O–H groups in total. The van der Waals surface area contributed by atoms with Crippen LogP contribution in [0, 0.1) is 0 Å². The first-order chi connectivity index (χ1) is 7.29. The molecule has 0 aromatic rings. The summed E-state index contributed by atoms with van der Waals surface area (Å²) in [6.07, 6.45) is 4.94. The fraction of sp³-hybridized carbons (Fsp3) is 1.00. The lowest BCUT2D eigenvalue weighted by Gasteiger charge is -2.44. The van der Waals surface area contributed by atoms with Crippen molar-refractivity contribution in [3.8, 4) is 0 Å². The Balaban J connectivity index is 1.95. The number of rotatable bonds is 4. The van der Waals surface area contributed by atoms with Gasteiger partial charge in [0.05, 0.1) is 6.61 Å². The average molecular weight is 213 g/mol. The minimum absolute atomic E-state index is 0.0915. The molecule has 2 heterocycles. The molecule has 2 rings (SSSR count). The van der Waals surface area contributed by atoms with Crippen LogP contribution < -0.4 is 11.1 Å². The van der Waals surface area contributed by atoms with Gasteiger partial charge in [0, 0.05) is 31.2 Å². The molecule has 0 saturated carbocycles. The van der Waals surface area contributed by atoms with Crippen molar-refractivity contribution in [1.82, 2.24) is 10.2 Å². The van der Waals surface area contributed by atoms with Crippen molar-refractivity contribution in [2.24, 2.45) is 5.73 Å². The number of hydrogen-bond donors (Lipinski definition) is 3. The van der Waals surface area contributed by atoms with E-state index >= 15 is 0 Å². The van der Waals surface area contributed by atoms with E-state index in [-0.39, 0.29) is 12.1 Å². The Labute approximate surface area is 91.8 Å². The van der Waals surface area contributed by atoms with Gasteiger partial charge in [-0.3, -0.25) is 0 Å². The molecule has 0 aromatic heterocycles. The summed E-state index contributed by atoms with van der Waals surface area (Å²) in [5.74, 6) is 0. The molecule has 0 bridgehead atoms. The fourth-order valence-corrected chi connectivity index (χ4v) is 3.07. The van der Waals surface area contributed by atoms with E-state index in [2.05, 4.69) is 10.2 Å². The van der Waals surface area contributed by atoms with E-state index in [9.17, 15) is 0 Å². The molecule has 2 saturated heterocycles. The van der Waals surface area contributed by atoms with Crippen molar-refractivity contribution in [2.75, 3.05) is 32.8 Å². The largest absolute Gasteiger partial charge is 0.395 e. The molecule has 0 spiro atoms. The first-order valence-corrected chi connectivity index (χ1v) is 6.10. The topological polar surface area (TPSA) is 61.5 Å². The van der Waals surface area contributed by atoms with Crippen molar-refractivity contribution >= 4 is 0 Å². The third-order valence-corrected chi connectivity index (χ3v) is 4.01. The highest BCUT2D eigenvalue weighted by Gasteiger charge is 2.40. The van der Waals surface area contributed by atoms with Crippen molar-refractivity contribution in [2.45, 2.75) is 37.3 Å². The van der Waals surface area contributed by atoms with Gasteiger partial charge in [0.1, 0.15) is 0 Å². The Bertz CT molecular complexity index is 212. The summed E-state index contributed by atoms with van der Waals surface area (Å²) in [6.45, 7) is 4.00. The van der Waals surface area contributed by atoms with Crippen LogP contribution in [0.3, 0.4) is 0 Å². The molecule has 0 aliphatic carbocycles. The zero-order valence-electron chi connectivity index (χ0n) is 9.41. The lowest BCUT2D eigenvalue weighted by molar-refractivity contribution is 0.106. The van der Waals surface area contributed by atoms with Gasteiger partial charge in [0.2, 0.25) is 0 Å². The van der Waals surface area contributed by atoms with Crippen molar-refractivity contribution in [3.05, 3.63) is 0 Å². The van der Waals surface area contributed by atoms with Crippen molar-refractivity contribution < 1.29 is 5.11 Å². The average Bonchev–Trinajstić information content (AvgIpc) is 2.73. The summed E-state index contributed by atoms with van der Waals surface area (Å²) in [5, 5.41) is 12.3. The van der Waals surface area contributed by atoms with E-state index in [0.29, 0.717) is 13.1 Å². The lowest BCUT2D eigenvalue weighted by Crippen LogP contribution is -2.59. The molecule has 4 nitrogen and oxygen atoms in total. The van der Waals surface area contributed by atoms with Gasteiger partial charge in [-0.1, -0.05) is 0 Å². The SMILES string of the molecule is NCC1(NCCO)CCN2CCCC2C1. The van der Waals surface area contributed by atoms with E-state index in [1.54, 1.807) is 0 Å². The van der Waals surface area contributed by atoms with Gasteiger partial charge in [-0.05, 0) is 32.2 Å². The van der Waals surface area contributed by atoms with Gasteiger partial charge in [-0.2, -0.15) is 0 Å². The summed E-state index contributed by atoms with van der Waals surface area (Å²) < 4.78 is 0. The highest BCUT2D eigenvalue weighted by Crippen LogP contribution is 2.32. The molecule has 0 aromatic carbocycles. The Hall–Kier alpha value is -0.160. The number of aliphatic hydroxyl groups is 1. The maximum absolute atomic E-state index is 8.88. The van der Waals surface area contributed by atoms with E-state index in [4.69, 9.17) is 10.8 Å². The number of aliphatic hydroxyl groups excluding tert-OH is 1. The molecule has 2 atom stereocenters. The number of nitrogens with zero attached hydrogens (tertiary/aromatic N) is 1. The summed E-state index contributed by atoms with van der Waals surface area (Å²) in [7, 11) is 0. The van der Waals surface area contributed by atoms with Gasteiger partial charge in [0.15, 0.2) is 0 Å². The monoisotopic (exact) mass is 213 g/mol. The second-order valence-electron chi connectivity index (χ2n) is 4.92. The standard InChI is InChI=1S/C11H23N3O/c12-9-11(13-4-7-15)3-6-14-5-1-2-10(14)8-11/h10,13,15H,1-9,12H2. The molecule has 4 heteroatoms. The van der Waals surface area contributed by atoms with Crippen LogP contribution in [0.5, 0.6) is 0 Å². The van der Waals surface area contributed by atoms with Gasteiger partial charge in [-0.25, -0.2) is 0 Å².